The normalized spacial score (nSPS) is 11.0. The highest BCUT2D eigenvalue weighted by molar-refractivity contribution is 7.71. The highest BCUT2D eigenvalue weighted by Gasteiger charge is 2.06. The molecule has 0 saturated heterocycles. The molecule has 2 rings (SSSR count). The highest BCUT2D eigenvalue weighted by Crippen LogP contribution is 2.07. The van der Waals surface area contributed by atoms with Crippen molar-refractivity contribution in [2.75, 3.05) is 7.11 Å². The van der Waals surface area contributed by atoms with Gasteiger partial charge in [-0.15, -0.1) is 0 Å². The minimum atomic E-state index is 0.429. The van der Waals surface area contributed by atoms with Crippen LogP contribution in [0.15, 0.2) is 6.07 Å². The molecule has 14 heavy (non-hydrogen) atoms. The SMILES string of the molecule is COCc1n[nH]n2c(=S)cc(C)nc12. The van der Waals surface area contributed by atoms with Gasteiger partial charge in [0.05, 0.1) is 6.61 Å². The molecule has 0 aromatic carbocycles. The highest BCUT2D eigenvalue weighted by atomic mass is 32.1. The Labute approximate surface area is 85.7 Å². The predicted molar refractivity (Wildman–Crippen MR) is 53.6 cm³/mol. The van der Waals surface area contributed by atoms with Crippen molar-refractivity contribution in [1.29, 1.82) is 0 Å². The summed E-state index contributed by atoms with van der Waals surface area (Å²) in [7, 11) is 1.62. The fourth-order valence-electron chi connectivity index (χ4n) is 1.28. The number of aryl methyl sites for hydroxylation is 1. The van der Waals surface area contributed by atoms with Crippen molar-refractivity contribution in [3.8, 4) is 0 Å². The van der Waals surface area contributed by atoms with E-state index in [1.165, 1.54) is 0 Å². The predicted octanol–water partition coefficient (Wildman–Crippen LogP) is 1.24. The van der Waals surface area contributed by atoms with Gasteiger partial charge in [0.15, 0.2) is 5.65 Å². The van der Waals surface area contributed by atoms with Crippen LogP contribution in [-0.2, 0) is 11.3 Å². The molecule has 0 saturated carbocycles. The molecular formula is C8H10N4OS. The van der Waals surface area contributed by atoms with Gasteiger partial charge in [0, 0.05) is 12.8 Å². The maximum absolute atomic E-state index is 5.15. The Balaban J connectivity index is 2.72. The van der Waals surface area contributed by atoms with Gasteiger partial charge in [0.1, 0.15) is 10.3 Å². The van der Waals surface area contributed by atoms with Gasteiger partial charge >= 0.3 is 0 Å². The Kier molecular flexibility index (Phi) is 2.30. The second-order valence-corrected chi connectivity index (χ2v) is 3.40. The fourth-order valence-corrected chi connectivity index (χ4v) is 1.58. The van der Waals surface area contributed by atoms with Gasteiger partial charge in [0.25, 0.3) is 0 Å². The van der Waals surface area contributed by atoms with Crippen molar-refractivity contribution in [2.24, 2.45) is 0 Å². The van der Waals surface area contributed by atoms with E-state index in [4.69, 9.17) is 17.0 Å². The van der Waals surface area contributed by atoms with Gasteiger partial charge < -0.3 is 4.74 Å². The maximum atomic E-state index is 5.15. The smallest absolute Gasteiger partial charge is 0.180 e. The molecule has 0 fully saturated rings. The number of fused-ring (bicyclic) bond motifs is 1. The number of H-pyrrole nitrogens is 1. The van der Waals surface area contributed by atoms with Gasteiger partial charge in [-0.1, -0.05) is 12.2 Å². The lowest BCUT2D eigenvalue weighted by Gasteiger charge is -1.96. The van der Waals surface area contributed by atoms with Crippen LogP contribution >= 0.6 is 12.2 Å². The summed E-state index contributed by atoms with van der Waals surface area (Å²) in [5.74, 6) is 0. The number of nitrogens with zero attached hydrogens (tertiary/aromatic N) is 3. The van der Waals surface area contributed by atoms with Crippen molar-refractivity contribution in [2.45, 2.75) is 13.5 Å². The second-order valence-electron chi connectivity index (χ2n) is 2.99. The third-order valence-corrected chi connectivity index (χ3v) is 2.17. The Morgan fingerprint density at radius 2 is 2.43 bits per heavy atom. The van der Waals surface area contributed by atoms with E-state index in [0.29, 0.717) is 11.2 Å². The molecule has 5 nitrogen and oxygen atoms in total. The molecule has 0 spiro atoms. The Morgan fingerprint density at radius 1 is 1.64 bits per heavy atom. The molecule has 0 unspecified atom stereocenters. The third kappa shape index (κ3) is 1.42. The van der Waals surface area contributed by atoms with Crippen molar-refractivity contribution in [3.63, 3.8) is 0 Å². The van der Waals surface area contributed by atoms with E-state index < -0.39 is 0 Å². The van der Waals surface area contributed by atoms with Crippen molar-refractivity contribution < 1.29 is 4.74 Å². The molecule has 1 N–H and O–H groups in total. The van der Waals surface area contributed by atoms with Crippen molar-refractivity contribution >= 4 is 17.9 Å². The summed E-state index contributed by atoms with van der Waals surface area (Å²) in [4.78, 5) is 4.34. The Bertz CT molecular complexity index is 516. The standard InChI is InChI=1S/C8H10N4OS/c1-5-3-7(14)12-8(9-5)6(4-13-2)10-11-12/h3,11H,4H2,1-2H3. The van der Waals surface area contributed by atoms with Gasteiger partial charge in [0.2, 0.25) is 0 Å². The van der Waals surface area contributed by atoms with Crippen LogP contribution in [0.3, 0.4) is 0 Å². The Morgan fingerprint density at radius 3 is 3.14 bits per heavy atom. The molecule has 6 heteroatoms. The first-order valence-corrected chi connectivity index (χ1v) is 4.56. The van der Waals surface area contributed by atoms with Gasteiger partial charge in [-0.25, -0.2) is 14.7 Å². The lowest BCUT2D eigenvalue weighted by atomic mass is 10.4. The molecule has 0 aliphatic rings. The van der Waals surface area contributed by atoms with E-state index in [-0.39, 0.29) is 0 Å². The zero-order chi connectivity index (χ0) is 10.1. The summed E-state index contributed by atoms with van der Waals surface area (Å²) in [6, 6.07) is 1.82. The second kappa shape index (κ2) is 3.47. The zero-order valence-electron chi connectivity index (χ0n) is 7.94. The number of ether oxygens (including phenoxy) is 1. The summed E-state index contributed by atoms with van der Waals surface area (Å²) < 4.78 is 7.34. The molecule has 0 atom stereocenters. The largest absolute Gasteiger partial charge is 0.378 e. The van der Waals surface area contributed by atoms with Gasteiger partial charge in [-0.2, -0.15) is 5.10 Å². The number of hydrogen-bond donors (Lipinski definition) is 1. The first-order chi connectivity index (χ1) is 6.72. The lowest BCUT2D eigenvalue weighted by molar-refractivity contribution is 0.182. The molecule has 74 valence electrons. The van der Waals surface area contributed by atoms with Gasteiger partial charge in [-0.05, 0) is 13.0 Å². The number of nitrogens with one attached hydrogen (secondary N) is 1. The quantitative estimate of drug-likeness (QED) is 0.758. The fraction of sp³-hybridized carbons (Fsp3) is 0.375. The summed E-state index contributed by atoms with van der Waals surface area (Å²) in [6.07, 6.45) is 0. The van der Waals surface area contributed by atoms with Crippen molar-refractivity contribution in [3.05, 3.63) is 22.1 Å². The van der Waals surface area contributed by atoms with E-state index in [1.807, 2.05) is 13.0 Å². The molecule has 0 aliphatic carbocycles. The maximum Gasteiger partial charge on any atom is 0.180 e. The van der Waals surface area contributed by atoms with E-state index in [9.17, 15) is 0 Å². The van der Waals surface area contributed by atoms with E-state index in [1.54, 1.807) is 11.6 Å². The zero-order valence-corrected chi connectivity index (χ0v) is 8.76. The first-order valence-electron chi connectivity index (χ1n) is 4.15. The molecule has 2 aromatic heterocycles. The number of rotatable bonds is 2. The van der Waals surface area contributed by atoms with Crippen LogP contribution < -0.4 is 0 Å². The summed E-state index contributed by atoms with van der Waals surface area (Å²) >= 11 is 5.15. The minimum Gasteiger partial charge on any atom is -0.378 e. The van der Waals surface area contributed by atoms with Crippen LogP contribution in [0.4, 0.5) is 0 Å². The van der Waals surface area contributed by atoms with E-state index in [0.717, 1.165) is 17.0 Å². The monoisotopic (exact) mass is 210 g/mol. The van der Waals surface area contributed by atoms with E-state index in [2.05, 4.69) is 15.3 Å². The number of hydrogen-bond acceptors (Lipinski definition) is 4. The van der Waals surface area contributed by atoms with Crippen LogP contribution in [0, 0.1) is 11.6 Å². The topological polar surface area (TPSA) is 55.2 Å². The molecular weight excluding hydrogens is 200 g/mol. The molecule has 0 bridgehead atoms. The van der Waals surface area contributed by atoms with Crippen LogP contribution in [0.25, 0.3) is 5.65 Å². The molecule has 0 aliphatic heterocycles. The summed E-state index contributed by atoms with van der Waals surface area (Å²) in [5.41, 5.74) is 2.38. The number of aromatic amines is 1. The summed E-state index contributed by atoms with van der Waals surface area (Å²) in [6.45, 7) is 2.33. The minimum absolute atomic E-state index is 0.429. The average Bonchev–Trinajstić information content (AvgIpc) is 2.49. The lowest BCUT2D eigenvalue weighted by Crippen LogP contribution is -1.95. The van der Waals surface area contributed by atoms with E-state index >= 15 is 0 Å². The molecule has 2 heterocycles. The average molecular weight is 210 g/mol. The molecule has 2 aromatic rings. The number of methoxy groups -OCH3 is 1. The van der Waals surface area contributed by atoms with Crippen LogP contribution in [-0.4, -0.2) is 26.9 Å². The summed E-state index contributed by atoms with van der Waals surface area (Å²) in [5, 5.41) is 6.86. The third-order valence-electron chi connectivity index (χ3n) is 1.87. The van der Waals surface area contributed by atoms with Crippen LogP contribution in [0.1, 0.15) is 11.4 Å². The molecule has 0 amide bonds. The van der Waals surface area contributed by atoms with Crippen LogP contribution in [0.2, 0.25) is 0 Å². The van der Waals surface area contributed by atoms with Crippen molar-refractivity contribution in [1.82, 2.24) is 19.8 Å². The van der Waals surface area contributed by atoms with Gasteiger partial charge in [-0.3, -0.25) is 0 Å². The van der Waals surface area contributed by atoms with Crippen LogP contribution in [0.5, 0.6) is 0 Å². The Hall–Kier alpha value is -1.27. The first kappa shape index (κ1) is 9.29. The molecule has 0 radical (unpaired) electrons. The number of aromatic nitrogens is 4.